The Balaban J connectivity index is 4.53. The third-order valence-corrected chi connectivity index (χ3v) is 3.41. The van der Waals surface area contributed by atoms with E-state index < -0.39 is 35.4 Å². The highest BCUT2D eigenvalue weighted by molar-refractivity contribution is 5.91. The van der Waals surface area contributed by atoms with Gasteiger partial charge in [0.2, 0.25) is 0 Å². The van der Waals surface area contributed by atoms with E-state index in [2.05, 4.69) is 16.6 Å². The first kappa shape index (κ1) is 21.1. The number of hydrogen-bond acceptors (Lipinski definition) is 6. The molecule has 2 atom stereocenters. The Morgan fingerprint density at radius 3 is 2.43 bits per heavy atom. The maximum atomic E-state index is 12.0. The first-order valence-corrected chi connectivity index (χ1v) is 7.52. The van der Waals surface area contributed by atoms with E-state index in [9.17, 15) is 19.5 Å². The molecule has 1 amide bonds. The number of hydrogen-bond donors (Lipinski definition) is 2. The van der Waals surface area contributed by atoms with Crippen molar-refractivity contribution in [3.05, 3.63) is 12.7 Å². The van der Waals surface area contributed by atoms with Crippen molar-refractivity contribution in [1.82, 2.24) is 5.32 Å². The van der Waals surface area contributed by atoms with Gasteiger partial charge in [-0.1, -0.05) is 6.08 Å². The van der Waals surface area contributed by atoms with Crippen LogP contribution >= 0.6 is 0 Å². The van der Waals surface area contributed by atoms with Gasteiger partial charge in [0.1, 0.15) is 12.1 Å². The van der Waals surface area contributed by atoms with Gasteiger partial charge in [-0.25, -0.2) is 4.79 Å². The van der Waals surface area contributed by atoms with Crippen molar-refractivity contribution in [3.8, 4) is 0 Å². The standard InChI is InChI=1S/C16H27NO6/c1-6-7-8-9-10-23-15(21)16(3,4)12(18)13(19)17-11(2)14(20)22-5/h6,11-12,18H,1,7-10H2,2-5H3,(H,17,19)/t11-,12?/m0/s1. The minimum Gasteiger partial charge on any atom is -0.467 e. The molecule has 0 heterocycles. The van der Waals surface area contributed by atoms with Crippen molar-refractivity contribution in [2.45, 2.75) is 52.2 Å². The molecule has 0 saturated carbocycles. The Bertz CT molecular complexity index is 432. The normalized spacial score (nSPS) is 13.6. The minimum absolute atomic E-state index is 0.211. The Morgan fingerprint density at radius 2 is 1.91 bits per heavy atom. The second kappa shape index (κ2) is 9.99. The molecule has 2 N–H and O–H groups in total. The number of esters is 2. The molecule has 0 aromatic carbocycles. The molecule has 0 fully saturated rings. The van der Waals surface area contributed by atoms with Crippen LogP contribution in [0.15, 0.2) is 12.7 Å². The molecule has 0 aliphatic heterocycles. The molecule has 1 unspecified atom stereocenters. The van der Waals surface area contributed by atoms with Crippen LogP contribution < -0.4 is 5.32 Å². The Morgan fingerprint density at radius 1 is 1.30 bits per heavy atom. The maximum Gasteiger partial charge on any atom is 0.328 e. The largest absolute Gasteiger partial charge is 0.467 e. The van der Waals surface area contributed by atoms with E-state index in [4.69, 9.17) is 4.74 Å². The van der Waals surface area contributed by atoms with Gasteiger partial charge < -0.3 is 19.9 Å². The number of amides is 1. The molecule has 132 valence electrons. The van der Waals surface area contributed by atoms with Gasteiger partial charge in [-0.15, -0.1) is 6.58 Å². The van der Waals surface area contributed by atoms with Crippen LogP contribution in [0.1, 0.15) is 40.0 Å². The van der Waals surface area contributed by atoms with Crippen molar-refractivity contribution in [2.75, 3.05) is 13.7 Å². The number of nitrogens with one attached hydrogen (secondary N) is 1. The summed E-state index contributed by atoms with van der Waals surface area (Å²) in [6.07, 6.45) is 2.49. The zero-order chi connectivity index (χ0) is 18.0. The van der Waals surface area contributed by atoms with Gasteiger partial charge in [-0.05, 0) is 40.0 Å². The molecule has 0 rings (SSSR count). The molecular formula is C16H27NO6. The van der Waals surface area contributed by atoms with Crippen LogP contribution in [0, 0.1) is 5.41 Å². The van der Waals surface area contributed by atoms with E-state index in [1.807, 2.05) is 0 Å². The van der Waals surface area contributed by atoms with Gasteiger partial charge in [0.05, 0.1) is 19.1 Å². The smallest absolute Gasteiger partial charge is 0.328 e. The van der Waals surface area contributed by atoms with E-state index in [1.54, 1.807) is 6.08 Å². The Kier molecular flexibility index (Phi) is 9.17. The molecule has 0 aliphatic carbocycles. The van der Waals surface area contributed by atoms with Gasteiger partial charge in [-0.2, -0.15) is 0 Å². The molecule has 7 heteroatoms. The van der Waals surface area contributed by atoms with Gasteiger partial charge in [0.25, 0.3) is 5.91 Å². The van der Waals surface area contributed by atoms with Crippen LogP contribution in [0.3, 0.4) is 0 Å². The molecule has 0 aromatic heterocycles. The predicted molar refractivity (Wildman–Crippen MR) is 84.4 cm³/mol. The second-order valence-electron chi connectivity index (χ2n) is 5.80. The van der Waals surface area contributed by atoms with Crippen LogP contribution in [0.2, 0.25) is 0 Å². The number of ether oxygens (including phenoxy) is 2. The molecule has 0 saturated heterocycles. The zero-order valence-corrected chi connectivity index (χ0v) is 14.3. The zero-order valence-electron chi connectivity index (χ0n) is 14.3. The summed E-state index contributed by atoms with van der Waals surface area (Å²) in [4.78, 5) is 35.3. The summed E-state index contributed by atoms with van der Waals surface area (Å²) >= 11 is 0. The maximum absolute atomic E-state index is 12.0. The molecule has 0 bridgehead atoms. The SMILES string of the molecule is C=CCCCCOC(=O)C(C)(C)C(O)C(=O)N[C@@H](C)C(=O)OC. The molecule has 0 aromatic rings. The fraction of sp³-hybridized carbons (Fsp3) is 0.688. The van der Waals surface area contributed by atoms with E-state index in [0.29, 0.717) is 6.42 Å². The first-order valence-electron chi connectivity index (χ1n) is 7.52. The summed E-state index contributed by atoms with van der Waals surface area (Å²) in [6.45, 7) is 8.05. The average Bonchev–Trinajstić information content (AvgIpc) is 2.52. The van der Waals surface area contributed by atoms with E-state index in [0.717, 1.165) is 12.8 Å². The van der Waals surface area contributed by atoms with E-state index in [-0.39, 0.29) is 6.61 Å². The summed E-state index contributed by atoms with van der Waals surface area (Å²) in [5.41, 5.74) is -1.43. The van der Waals surface area contributed by atoms with Gasteiger partial charge in [0, 0.05) is 0 Å². The third kappa shape index (κ3) is 6.81. The Labute approximate surface area is 137 Å². The molecular weight excluding hydrogens is 302 g/mol. The van der Waals surface area contributed by atoms with Crippen LogP contribution in [0.5, 0.6) is 0 Å². The predicted octanol–water partition coefficient (Wildman–Crippen LogP) is 0.951. The number of aliphatic hydroxyl groups excluding tert-OH is 1. The quantitative estimate of drug-likeness (QED) is 0.351. The fourth-order valence-corrected chi connectivity index (χ4v) is 1.71. The van der Waals surface area contributed by atoms with Crippen LogP contribution in [0.4, 0.5) is 0 Å². The molecule has 0 aliphatic rings. The van der Waals surface area contributed by atoms with Crippen molar-refractivity contribution in [1.29, 1.82) is 0 Å². The fourth-order valence-electron chi connectivity index (χ4n) is 1.71. The van der Waals surface area contributed by atoms with Gasteiger partial charge in [0.15, 0.2) is 0 Å². The van der Waals surface area contributed by atoms with Crippen LogP contribution in [-0.2, 0) is 23.9 Å². The van der Waals surface area contributed by atoms with Crippen molar-refractivity contribution in [3.63, 3.8) is 0 Å². The van der Waals surface area contributed by atoms with Gasteiger partial charge >= 0.3 is 11.9 Å². The van der Waals surface area contributed by atoms with Gasteiger partial charge in [-0.3, -0.25) is 9.59 Å². The highest BCUT2D eigenvalue weighted by Crippen LogP contribution is 2.23. The number of rotatable bonds is 10. The number of allylic oxidation sites excluding steroid dienone is 1. The first-order chi connectivity index (χ1) is 10.7. The van der Waals surface area contributed by atoms with Crippen molar-refractivity contribution < 1.29 is 29.0 Å². The highest BCUT2D eigenvalue weighted by atomic mass is 16.5. The van der Waals surface area contributed by atoms with Crippen LogP contribution in [-0.4, -0.2) is 48.8 Å². The Hall–Kier alpha value is -1.89. The topological polar surface area (TPSA) is 102 Å². The average molecular weight is 329 g/mol. The van der Waals surface area contributed by atoms with Crippen molar-refractivity contribution >= 4 is 17.8 Å². The minimum atomic E-state index is -1.64. The van der Waals surface area contributed by atoms with E-state index >= 15 is 0 Å². The molecule has 23 heavy (non-hydrogen) atoms. The molecule has 0 radical (unpaired) electrons. The summed E-state index contributed by atoms with van der Waals surface area (Å²) < 4.78 is 9.57. The summed E-state index contributed by atoms with van der Waals surface area (Å²) in [6, 6.07) is -0.923. The second-order valence-corrected chi connectivity index (χ2v) is 5.80. The number of methoxy groups -OCH3 is 1. The number of aliphatic hydroxyl groups is 1. The lowest BCUT2D eigenvalue weighted by Crippen LogP contribution is -2.51. The van der Waals surface area contributed by atoms with E-state index in [1.165, 1.54) is 27.9 Å². The third-order valence-electron chi connectivity index (χ3n) is 3.41. The summed E-state index contributed by atoms with van der Waals surface area (Å²) in [5.74, 6) is -2.16. The summed E-state index contributed by atoms with van der Waals surface area (Å²) in [5, 5.41) is 12.4. The lowest BCUT2D eigenvalue weighted by Gasteiger charge is -2.28. The monoisotopic (exact) mass is 329 g/mol. The lowest BCUT2D eigenvalue weighted by atomic mass is 9.86. The number of unbranched alkanes of at least 4 members (excludes halogenated alkanes) is 2. The van der Waals surface area contributed by atoms with Crippen molar-refractivity contribution in [2.24, 2.45) is 5.41 Å². The molecule has 7 nitrogen and oxygen atoms in total. The number of carbonyl (C=O) groups is 3. The highest BCUT2D eigenvalue weighted by Gasteiger charge is 2.42. The summed E-state index contributed by atoms with van der Waals surface area (Å²) in [7, 11) is 1.19. The van der Waals surface area contributed by atoms with Crippen LogP contribution in [0.25, 0.3) is 0 Å². The number of carbonyl (C=O) groups excluding carboxylic acids is 3. The lowest BCUT2D eigenvalue weighted by molar-refractivity contribution is -0.165. The molecule has 0 spiro atoms.